The van der Waals surface area contributed by atoms with Crippen molar-refractivity contribution in [1.29, 1.82) is 0 Å². The van der Waals surface area contributed by atoms with Crippen molar-refractivity contribution < 1.29 is 54.1 Å². The predicted molar refractivity (Wildman–Crippen MR) is 127 cm³/mol. The van der Waals surface area contributed by atoms with Gasteiger partial charge in [-0.25, -0.2) is 0 Å². The number of rotatable bonds is 6. The van der Waals surface area contributed by atoms with Crippen molar-refractivity contribution in [2.75, 3.05) is 20.3 Å². The van der Waals surface area contributed by atoms with E-state index in [1.165, 1.54) is 37.6 Å². The molecule has 5 unspecified atom stereocenters. The van der Waals surface area contributed by atoms with Crippen LogP contribution in [0.25, 0.3) is 22.1 Å². The lowest BCUT2D eigenvalue weighted by Crippen LogP contribution is -2.60. The Hall–Kier alpha value is -3.72. The van der Waals surface area contributed by atoms with Crippen LogP contribution in [-0.2, 0) is 9.53 Å². The lowest BCUT2D eigenvalue weighted by Gasteiger charge is -2.39. The Labute approximate surface area is 209 Å². The number of fused-ring (bicyclic) bond motifs is 1. The van der Waals surface area contributed by atoms with Crippen LogP contribution in [0.15, 0.2) is 51.9 Å². The number of hydrogen-bond acceptors (Lipinski definition) is 12. The van der Waals surface area contributed by atoms with Crippen LogP contribution in [0.1, 0.15) is 0 Å². The van der Waals surface area contributed by atoms with Gasteiger partial charge in [-0.1, -0.05) is 12.1 Å². The normalized spacial score (nSPS) is 23.1. The van der Waals surface area contributed by atoms with Gasteiger partial charge in [0.25, 0.3) is 0 Å². The number of carboxylic acids is 1. The molecule has 1 aliphatic rings. The number of aliphatic hydroxyl groups excluding tert-OH is 4. The molecule has 8 N–H and O–H groups in total. The monoisotopic (exact) mass is 521 g/mol. The molecule has 3 aromatic rings. The van der Waals surface area contributed by atoms with Gasteiger partial charge < -0.3 is 55.0 Å². The van der Waals surface area contributed by atoms with E-state index in [0.29, 0.717) is 5.56 Å². The van der Waals surface area contributed by atoms with E-state index in [2.05, 4.69) is 5.73 Å². The molecule has 0 amide bonds. The molecule has 13 heteroatoms. The van der Waals surface area contributed by atoms with Gasteiger partial charge >= 0.3 is 5.97 Å². The minimum Gasteiger partial charge on any atom is -0.508 e. The number of phenolic OH excluding ortho intramolecular Hbond substituents is 1. The summed E-state index contributed by atoms with van der Waals surface area (Å²) in [6.45, 7) is -0.880. The molecule has 13 nitrogen and oxygen atoms in total. The smallest absolute Gasteiger partial charge is 0.317 e. The number of hydrogen-bond donors (Lipinski definition) is 7. The van der Waals surface area contributed by atoms with E-state index in [1.807, 2.05) is 0 Å². The molecular formula is C24H27NO12. The zero-order chi connectivity index (χ0) is 27.3. The van der Waals surface area contributed by atoms with E-state index < -0.39 is 43.3 Å². The Morgan fingerprint density at radius 1 is 1.05 bits per heavy atom. The minimum absolute atomic E-state index is 0.0462. The fourth-order valence-electron chi connectivity index (χ4n) is 3.52. The Morgan fingerprint density at radius 3 is 2.27 bits per heavy atom. The molecule has 200 valence electrons. The van der Waals surface area contributed by atoms with Gasteiger partial charge in [0.05, 0.1) is 31.2 Å². The van der Waals surface area contributed by atoms with Gasteiger partial charge in [0.2, 0.25) is 11.7 Å². The molecule has 0 saturated carbocycles. The van der Waals surface area contributed by atoms with Crippen LogP contribution in [0.3, 0.4) is 0 Å². The van der Waals surface area contributed by atoms with Crippen LogP contribution in [0.2, 0.25) is 0 Å². The topological polar surface area (TPSA) is 222 Å². The first-order valence-electron chi connectivity index (χ1n) is 10.9. The van der Waals surface area contributed by atoms with E-state index in [0.717, 1.165) is 0 Å². The highest BCUT2D eigenvalue weighted by atomic mass is 16.7. The van der Waals surface area contributed by atoms with Crippen molar-refractivity contribution in [1.82, 2.24) is 0 Å². The quantitative estimate of drug-likeness (QED) is 0.215. The molecule has 0 spiro atoms. The zero-order valence-electron chi connectivity index (χ0n) is 19.6. The van der Waals surface area contributed by atoms with Crippen LogP contribution in [0, 0.1) is 0 Å². The SMILES string of the molecule is COc1cc2c(=O)c(-c3ccc(O)cc3)coc2cc1OC1OC(CO)C(O)C(O)C1O.NCC(=O)O. The first kappa shape index (κ1) is 27.9. The summed E-state index contributed by atoms with van der Waals surface area (Å²) in [6, 6.07) is 8.86. The number of aliphatic carboxylic acids is 1. The summed E-state index contributed by atoms with van der Waals surface area (Å²) in [5.74, 6) is -0.727. The summed E-state index contributed by atoms with van der Waals surface area (Å²) < 4.78 is 21.9. The van der Waals surface area contributed by atoms with Crippen LogP contribution in [-0.4, -0.2) is 87.6 Å². The van der Waals surface area contributed by atoms with Gasteiger partial charge in [-0.2, -0.15) is 0 Å². The Balaban J connectivity index is 0.000000695. The van der Waals surface area contributed by atoms with Gasteiger partial charge in [-0.15, -0.1) is 0 Å². The lowest BCUT2D eigenvalue weighted by atomic mass is 9.99. The van der Waals surface area contributed by atoms with E-state index in [4.69, 9.17) is 23.7 Å². The van der Waals surface area contributed by atoms with Crippen molar-refractivity contribution in [3.05, 3.63) is 52.9 Å². The fraction of sp³-hybridized carbons (Fsp3) is 0.333. The van der Waals surface area contributed by atoms with Gasteiger partial charge in [-0.05, 0) is 23.8 Å². The zero-order valence-corrected chi connectivity index (χ0v) is 19.6. The van der Waals surface area contributed by atoms with E-state index in [1.54, 1.807) is 12.1 Å². The standard InChI is InChI=1S/C22H22O10.C2H5NO2/c1-29-15-6-12-14(30-9-13(18(12)25)10-2-4-11(24)5-3-10)7-16(15)31-22-21(28)20(27)19(26)17(8-23)32-22;3-1-2(4)5/h2-7,9,17,19-24,26-28H,8H2,1H3;1,3H2,(H,4,5). The molecule has 5 atom stereocenters. The summed E-state index contributed by atoms with van der Waals surface area (Å²) in [4.78, 5) is 22.3. The van der Waals surface area contributed by atoms with Gasteiger partial charge in [0.1, 0.15) is 42.0 Å². The van der Waals surface area contributed by atoms with Crippen molar-refractivity contribution >= 4 is 16.9 Å². The number of carboxylic acid groups (broad SMARTS) is 1. The number of aliphatic hydroxyl groups is 4. The number of benzene rings is 2. The van der Waals surface area contributed by atoms with Crippen LogP contribution >= 0.6 is 0 Å². The third-order valence-electron chi connectivity index (χ3n) is 5.50. The summed E-state index contributed by atoms with van der Waals surface area (Å²) in [7, 11) is 1.35. The average molecular weight is 521 g/mol. The highest BCUT2D eigenvalue weighted by Gasteiger charge is 2.45. The molecule has 0 aliphatic carbocycles. The molecule has 0 bridgehead atoms. The maximum absolute atomic E-state index is 13.0. The Morgan fingerprint density at radius 2 is 1.70 bits per heavy atom. The van der Waals surface area contributed by atoms with Crippen LogP contribution in [0.4, 0.5) is 0 Å². The van der Waals surface area contributed by atoms with E-state index in [-0.39, 0.29) is 45.8 Å². The van der Waals surface area contributed by atoms with Crippen molar-refractivity contribution in [2.45, 2.75) is 30.7 Å². The Kier molecular flexibility index (Phi) is 9.04. The van der Waals surface area contributed by atoms with Crippen molar-refractivity contribution in [3.63, 3.8) is 0 Å². The minimum atomic E-state index is -1.61. The van der Waals surface area contributed by atoms with Crippen molar-refractivity contribution in [2.24, 2.45) is 5.73 Å². The highest BCUT2D eigenvalue weighted by molar-refractivity contribution is 5.84. The number of methoxy groups -OCH3 is 1. The predicted octanol–water partition coefficient (Wildman–Crippen LogP) is -0.617. The number of nitrogens with two attached hydrogens (primary N) is 1. The second-order valence-electron chi connectivity index (χ2n) is 7.94. The summed E-state index contributed by atoms with van der Waals surface area (Å²) >= 11 is 0. The van der Waals surface area contributed by atoms with Crippen LogP contribution < -0.4 is 20.6 Å². The third-order valence-corrected chi connectivity index (χ3v) is 5.50. The lowest BCUT2D eigenvalue weighted by molar-refractivity contribution is -0.277. The number of phenols is 1. The second kappa shape index (κ2) is 12.0. The molecule has 1 fully saturated rings. The number of ether oxygens (including phenoxy) is 3. The highest BCUT2D eigenvalue weighted by Crippen LogP contribution is 2.35. The first-order chi connectivity index (χ1) is 17.6. The Bertz CT molecular complexity index is 1270. The maximum atomic E-state index is 13.0. The summed E-state index contributed by atoms with van der Waals surface area (Å²) in [5.41, 5.74) is 5.23. The number of aromatic hydroxyl groups is 1. The molecule has 1 aliphatic heterocycles. The van der Waals surface area contributed by atoms with Gasteiger partial charge in [0.15, 0.2) is 11.5 Å². The molecule has 2 heterocycles. The molecule has 2 aromatic carbocycles. The fourth-order valence-corrected chi connectivity index (χ4v) is 3.52. The molecule has 4 rings (SSSR count). The molecule has 1 aromatic heterocycles. The maximum Gasteiger partial charge on any atom is 0.317 e. The molecule has 1 saturated heterocycles. The van der Waals surface area contributed by atoms with Crippen LogP contribution in [0.5, 0.6) is 17.2 Å². The molecular weight excluding hydrogens is 494 g/mol. The van der Waals surface area contributed by atoms with Gasteiger partial charge in [-0.3, -0.25) is 9.59 Å². The largest absolute Gasteiger partial charge is 0.508 e. The first-order valence-corrected chi connectivity index (χ1v) is 10.9. The second-order valence-corrected chi connectivity index (χ2v) is 7.94. The molecule has 37 heavy (non-hydrogen) atoms. The van der Waals surface area contributed by atoms with Gasteiger partial charge in [0, 0.05) is 6.07 Å². The summed E-state index contributed by atoms with van der Waals surface area (Å²) in [5, 5.41) is 56.7. The third kappa shape index (κ3) is 6.17. The average Bonchev–Trinajstić information content (AvgIpc) is 2.90. The number of carbonyl (C=O) groups is 1. The molecule has 0 radical (unpaired) electrons. The summed E-state index contributed by atoms with van der Waals surface area (Å²) in [6.07, 6.45) is -6.04. The van der Waals surface area contributed by atoms with E-state index in [9.17, 15) is 35.1 Å². The van der Waals surface area contributed by atoms with Crippen molar-refractivity contribution in [3.8, 4) is 28.4 Å². The van der Waals surface area contributed by atoms with E-state index >= 15 is 0 Å².